The van der Waals surface area contributed by atoms with Crippen LogP contribution in [0.1, 0.15) is 15.9 Å². The monoisotopic (exact) mass is 325 g/mol. The van der Waals surface area contributed by atoms with Gasteiger partial charge in [-0.25, -0.2) is 4.98 Å². The minimum absolute atomic E-state index is 0.158. The molecule has 1 amide bonds. The van der Waals surface area contributed by atoms with Crippen molar-refractivity contribution in [2.24, 2.45) is 0 Å². The maximum Gasteiger partial charge on any atom is 0.251 e. The number of ether oxygens (including phenoxy) is 2. The Morgan fingerprint density at radius 3 is 2.58 bits per heavy atom. The lowest BCUT2D eigenvalue weighted by Crippen LogP contribution is -2.25. The number of nitrogens with zero attached hydrogens (tertiary/aromatic N) is 1. The van der Waals surface area contributed by atoms with Gasteiger partial charge in [0, 0.05) is 18.2 Å². The quantitative estimate of drug-likeness (QED) is 0.730. The summed E-state index contributed by atoms with van der Waals surface area (Å²) in [4.78, 5) is 19.6. The first-order valence-corrected chi connectivity index (χ1v) is 7.63. The number of imidazole rings is 1. The number of amides is 1. The van der Waals surface area contributed by atoms with Crippen molar-refractivity contribution in [3.05, 3.63) is 53.9 Å². The van der Waals surface area contributed by atoms with E-state index in [1.54, 1.807) is 38.7 Å². The molecule has 6 heteroatoms. The summed E-state index contributed by atoms with van der Waals surface area (Å²) in [6.07, 6.45) is 2.41. The Morgan fingerprint density at radius 1 is 1.12 bits per heavy atom. The number of methoxy groups -OCH3 is 2. The summed E-state index contributed by atoms with van der Waals surface area (Å²) in [6, 6.07) is 11.1. The van der Waals surface area contributed by atoms with Crippen molar-refractivity contribution in [1.29, 1.82) is 0 Å². The third-order valence-electron chi connectivity index (χ3n) is 3.80. The minimum atomic E-state index is -0.158. The zero-order valence-corrected chi connectivity index (χ0v) is 13.6. The van der Waals surface area contributed by atoms with Crippen LogP contribution in [0.2, 0.25) is 0 Å². The number of carbonyl (C=O) groups is 1. The summed E-state index contributed by atoms with van der Waals surface area (Å²) in [5.74, 6) is 1.02. The van der Waals surface area contributed by atoms with Crippen LogP contribution >= 0.6 is 0 Å². The van der Waals surface area contributed by atoms with Gasteiger partial charge in [-0.2, -0.15) is 0 Å². The van der Waals surface area contributed by atoms with Gasteiger partial charge < -0.3 is 19.8 Å². The highest BCUT2D eigenvalue weighted by Gasteiger charge is 2.09. The summed E-state index contributed by atoms with van der Waals surface area (Å²) in [5, 5.41) is 2.92. The fourth-order valence-corrected chi connectivity index (χ4v) is 2.50. The molecule has 0 aliphatic heterocycles. The van der Waals surface area contributed by atoms with E-state index in [0.29, 0.717) is 23.6 Å². The van der Waals surface area contributed by atoms with Gasteiger partial charge >= 0.3 is 0 Å². The van der Waals surface area contributed by atoms with Gasteiger partial charge in [-0.05, 0) is 36.2 Å². The molecule has 1 aromatic heterocycles. The predicted octanol–water partition coefficient (Wildman–Crippen LogP) is 2.55. The van der Waals surface area contributed by atoms with Crippen LogP contribution in [0.5, 0.6) is 11.5 Å². The molecule has 2 aromatic carbocycles. The molecule has 0 atom stereocenters. The van der Waals surface area contributed by atoms with Crippen LogP contribution in [0, 0.1) is 0 Å². The molecule has 0 saturated carbocycles. The minimum Gasteiger partial charge on any atom is -0.497 e. The van der Waals surface area contributed by atoms with Gasteiger partial charge in [0.2, 0.25) is 0 Å². The summed E-state index contributed by atoms with van der Waals surface area (Å²) in [6.45, 7) is 0.540. The Morgan fingerprint density at radius 2 is 1.88 bits per heavy atom. The van der Waals surface area contributed by atoms with Crippen molar-refractivity contribution in [3.63, 3.8) is 0 Å². The standard InChI is InChI=1S/C18H19N3O3/c1-23-14-8-13(9-15(10-14)24-2)18(22)19-6-5-12-3-4-16-17(7-12)21-11-20-16/h3-4,7-11H,5-6H2,1-2H3,(H,19,22)(H,20,21). The molecule has 6 nitrogen and oxygen atoms in total. The lowest BCUT2D eigenvalue weighted by molar-refractivity contribution is 0.0953. The number of carbonyl (C=O) groups excluding carboxylic acids is 1. The Hall–Kier alpha value is -3.02. The van der Waals surface area contributed by atoms with E-state index in [1.165, 1.54) is 0 Å². The Labute approximate surface area is 139 Å². The smallest absolute Gasteiger partial charge is 0.251 e. The first kappa shape index (κ1) is 15.9. The molecule has 0 aliphatic carbocycles. The van der Waals surface area contributed by atoms with Crippen molar-refractivity contribution >= 4 is 16.9 Å². The molecule has 0 bridgehead atoms. The number of H-pyrrole nitrogens is 1. The predicted molar refractivity (Wildman–Crippen MR) is 91.7 cm³/mol. The third kappa shape index (κ3) is 3.48. The third-order valence-corrected chi connectivity index (χ3v) is 3.80. The van der Waals surface area contributed by atoms with E-state index in [9.17, 15) is 4.79 Å². The van der Waals surface area contributed by atoms with E-state index in [1.807, 2.05) is 18.2 Å². The molecule has 0 spiro atoms. The lowest BCUT2D eigenvalue weighted by atomic mass is 10.1. The molecule has 0 saturated heterocycles. The van der Waals surface area contributed by atoms with E-state index < -0.39 is 0 Å². The van der Waals surface area contributed by atoms with Crippen molar-refractivity contribution in [1.82, 2.24) is 15.3 Å². The van der Waals surface area contributed by atoms with Gasteiger partial charge in [0.15, 0.2) is 0 Å². The summed E-state index contributed by atoms with van der Waals surface area (Å²) < 4.78 is 10.4. The molecule has 24 heavy (non-hydrogen) atoms. The molecular formula is C18H19N3O3. The molecule has 0 fully saturated rings. The maximum absolute atomic E-state index is 12.3. The van der Waals surface area contributed by atoms with Crippen molar-refractivity contribution in [3.8, 4) is 11.5 Å². The topological polar surface area (TPSA) is 76.2 Å². The van der Waals surface area contributed by atoms with Crippen molar-refractivity contribution < 1.29 is 14.3 Å². The summed E-state index contributed by atoms with van der Waals surface area (Å²) >= 11 is 0. The lowest BCUT2D eigenvalue weighted by Gasteiger charge is -2.09. The van der Waals surface area contributed by atoms with Crippen LogP contribution in [0.25, 0.3) is 11.0 Å². The van der Waals surface area contributed by atoms with Crippen LogP contribution in [-0.2, 0) is 6.42 Å². The number of aromatic amines is 1. The SMILES string of the molecule is COc1cc(OC)cc(C(=O)NCCc2ccc3nc[nH]c3c2)c1. The summed E-state index contributed by atoms with van der Waals surface area (Å²) in [7, 11) is 3.12. The fraction of sp³-hybridized carbons (Fsp3) is 0.222. The second kappa shape index (κ2) is 7.04. The average Bonchev–Trinajstić information content (AvgIpc) is 3.08. The molecule has 3 aromatic rings. The Balaban J connectivity index is 1.62. The van der Waals surface area contributed by atoms with E-state index in [4.69, 9.17) is 9.47 Å². The number of nitrogens with one attached hydrogen (secondary N) is 2. The van der Waals surface area contributed by atoms with Crippen molar-refractivity contribution in [2.45, 2.75) is 6.42 Å². The first-order valence-electron chi connectivity index (χ1n) is 7.63. The zero-order valence-electron chi connectivity index (χ0n) is 13.6. The normalized spacial score (nSPS) is 10.6. The van der Waals surface area contributed by atoms with Crippen LogP contribution in [0.4, 0.5) is 0 Å². The van der Waals surface area contributed by atoms with Gasteiger partial charge in [0.25, 0.3) is 5.91 Å². The van der Waals surface area contributed by atoms with E-state index in [-0.39, 0.29) is 5.91 Å². The summed E-state index contributed by atoms with van der Waals surface area (Å²) in [5.41, 5.74) is 3.58. The second-order valence-electron chi connectivity index (χ2n) is 5.36. The number of hydrogen-bond donors (Lipinski definition) is 2. The van der Waals surface area contributed by atoms with Crippen LogP contribution in [0.3, 0.4) is 0 Å². The molecule has 2 N–H and O–H groups in total. The van der Waals surface area contributed by atoms with Gasteiger partial charge in [-0.15, -0.1) is 0 Å². The number of fused-ring (bicyclic) bond motifs is 1. The number of hydrogen-bond acceptors (Lipinski definition) is 4. The molecule has 0 unspecified atom stereocenters. The zero-order chi connectivity index (χ0) is 16.9. The first-order chi connectivity index (χ1) is 11.7. The van der Waals surface area contributed by atoms with Gasteiger partial charge in [0.05, 0.1) is 31.6 Å². The fourth-order valence-electron chi connectivity index (χ4n) is 2.50. The molecule has 3 rings (SSSR count). The molecular weight excluding hydrogens is 306 g/mol. The number of benzene rings is 2. The van der Waals surface area contributed by atoms with Crippen molar-refractivity contribution in [2.75, 3.05) is 20.8 Å². The molecule has 0 radical (unpaired) electrons. The largest absolute Gasteiger partial charge is 0.497 e. The van der Waals surface area contributed by atoms with E-state index >= 15 is 0 Å². The highest BCUT2D eigenvalue weighted by Crippen LogP contribution is 2.22. The van der Waals surface area contributed by atoms with E-state index in [0.717, 1.165) is 23.0 Å². The maximum atomic E-state index is 12.3. The second-order valence-corrected chi connectivity index (χ2v) is 5.36. The molecule has 1 heterocycles. The van der Waals surface area contributed by atoms with Crippen LogP contribution < -0.4 is 14.8 Å². The average molecular weight is 325 g/mol. The molecule has 0 aliphatic rings. The highest BCUT2D eigenvalue weighted by atomic mass is 16.5. The highest BCUT2D eigenvalue weighted by molar-refractivity contribution is 5.95. The Bertz CT molecular complexity index is 835. The number of aromatic nitrogens is 2. The number of rotatable bonds is 6. The van der Waals surface area contributed by atoms with E-state index in [2.05, 4.69) is 15.3 Å². The molecule has 124 valence electrons. The van der Waals surface area contributed by atoms with Crippen LogP contribution in [0.15, 0.2) is 42.7 Å². The van der Waals surface area contributed by atoms with Gasteiger partial charge in [-0.3, -0.25) is 4.79 Å². The van der Waals surface area contributed by atoms with Gasteiger partial charge in [-0.1, -0.05) is 6.07 Å². The Kier molecular flexibility index (Phi) is 4.65. The van der Waals surface area contributed by atoms with Gasteiger partial charge in [0.1, 0.15) is 11.5 Å². The van der Waals surface area contributed by atoms with Crippen LogP contribution in [-0.4, -0.2) is 36.6 Å².